The highest BCUT2D eigenvalue weighted by atomic mass is 32.1. The molecule has 0 unspecified atom stereocenters. The SMILES string of the molecule is c1ccc(-c2cncc(-c3ccccc3)c2-c2ccc(-n3c4ccccc4c4ccccc43)c3oc4c(-n5c6ccccc6c6cc7c(cc65)sc5ccccc57)cccc4c23)cc1. The first-order valence-corrected chi connectivity index (χ1v) is 22.5. The Morgan fingerprint density at radius 3 is 1.55 bits per heavy atom. The van der Waals surface area contributed by atoms with Crippen LogP contribution in [-0.2, 0) is 0 Å². The molecule has 9 aromatic carbocycles. The molecular formula is C59H35N3OS. The predicted octanol–water partition coefficient (Wildman–Crippen LogP) is 16.5. The molecule has 0 aliphatic heterocycles. The van der Waals surface area contributed by atoms with Crippen molar-refractivity contribution >= 4 is 97.1 Å². The smallest absolute Gasteiger partial charge is 0.160 e. The third kappa shape index (κ3) is 5.01. The zero-order valence-corrected chi connectivity index (χ0v) is 35.2. The summed E-state index contributed by atoms with van der Waals surface area (Å²) >= 11 is 1.85. The quantitative estimate of drug-likeness (QED) is 0.173. The molecule has 14 rings (SSSR count). The zero-order valence-electron chi connectivity index (χ0n) is 34.4. The molecule has 64 heavy (non-hydrogen) atoms. The van der Waals surface area contributed by atoms with Gasteiger partial charge >= 0.3 is 0 Å². The largest absolute Gasteiger partial charge is 0.452 e. The fraction of sp³-hybridized carbons (Fsp3) is 0. The first-order chi connectivity index (χ1) is 31.8. The molecule has 0 N–H and O–H groups in total. The number of aromatic nitrogens is 3. The second-order valence-corrected chi connectivity index (χ2v) is 17.7. The second-order valence-electron chi connectivity index (χ2n) is 16.6. The van der Waals surface area contributed by atoms with E-state index < -0.39 is 0 Å². The van der Waals surface area contributed by atoms with Gasteiger partial charge in [0.15, 0.2) is 11.2 Å². The maximum absolute atomic E-state index is 7.59. The summed E-state index contributed by atoms with van der Waals surface area (Å²) < 4.78 is 15.0. The highest BCUT2D eigenvalue weighted by Crippen LogP contribution is 2.49. The minimum Gasteiger partial charge on any atom is -0.452 e. The molecule has 298 valence electrons. The number of nitrogens with zero attached hydrogens (tertiary/aromatic N) is 3. The van der Waals surface area contributed by atoms with Crippen LogP contribution in [0.3, 0.4) is 0 Å². The molecule has 0 spiro atoms. The molecule has 0 aliphatic rings. The van der Waals surface area contributed by atoms with Crippen molar-refractivity contribution in [3.8, 4) is 44.8 Å². The van der Waals surface area contributed by atoms with Gasteiger partial charge in [0.2, 0.25) is 0 Å². The van der Waals surface area contributed by atoms with Crippen LogP contribution in [0.1, 0.15) is 0 Å². The molecule has 4 nitrogen and oxygen atoms in total. The summed E-state index contributed by atoms with van der Waals surface area (Å²) in [4.78, 5) is 4.89. The molecule has 5 aromatic heterocycles. The first kappa shape index (κ1) is 35.4. The normalized spacial score (nSPS) is 12.1. The van der Waals surface area contributed by atoms with Crippen LogP contribution < -0.4 is 0 Å². The molecule has 0 atom stereocenters. The van der Waals surface area contributed by atoms with Crippen molar-refractivity contribution < 1.29 is 4.42 Å². The number of thiophene rings is 1. The lowest BCUT2D eigenvalue weighted by Crippen LogP contribution is -1.97. The lowest BCUT2D eigenvalue weighted by atomic mass is 9.87. The number of rotatable bonds is 5. The number of pyridine rings is 1. The number of para-hydroxylation sites is 4. The Morgan fingerprint density at radius 2 is 0.891 bits per heavy atom. The number of hydrogen-bond donors (Lipinski definition) is 0. The van der Waals surface area contributed by atoms with Crippen molar-refractivity contribution in [3.63, 3.8) is 0 Å². The van der Waals surface area contributed by atoms with Gasteiger partial charge in [0.1, 0.15) is 0 Å². The van der Waals surface area contributed by atoms with E-state index in [2.05, 4.69) is 209 Å². The van der Waals surface area contributed by atoms with Gasteiger partial charge < -0.3 is 13.6 Å². The van der Waals surface area contributed by atoms with E-state index >= 15 is 0 Å². The van der Waals surface area contributed by atoms with E-state index in [9.17, 15) is 0 Å². The molecule has 0 bridgehead atoms. The number of benzene rings is 9. The summed E-state index contributed by atoms with van der Waals surface area (Å²) in [5.74, 6) is 0. The molecular weight excluding hydrogens is 799 g/mol. The number of fused-ring (bicyclic) bond motifs is 12. The van der Waals surface area contributed by atoms with Crippen molar-refractivity contribution in [2.24, 2.45) is 0 Å². The number of furan rings is 1. The molecule has 0 saturated carbocycles. The standard InChI is InChI=1S/C59H35N3OS/c1-3-16-36(17-4-1)46-34-60-35-47(37-18-5-2-6-19-37)56(46)42-30-31-52(61-48-25-11-7-20-38(48)39-21-8-12-26-49(39)61)59-57(42)43-24-15-28-51(58(43)63-59)62-50-27-13-9-22-40(50)44-32-45-41-23-10-14-29-54(41)64-55(45)33-53(44)62/h1-35H. The van der Waals surface area contributed by atoms with E-state index in [1.165, 1.54) is 41.7 Å². The van der Waals surface area contributed by atoms with Crippen molar-refractivity contribution in [2.45, 2.75) is 0 Å². The topological polar surface area (TPSA) is 35.9 Å². The lowest BCUT2D eigenvalue weighted by molar-refractivity contribution is 0.664. The minimum absolute atomic E-state index is 0.828. The van der Waals surface area contributed by atoms with Crippen molar-refractivity contribution in [2.75, 3.05) is 0 Å². The van der Waals surface area contributed by atoms with Crippen LogP contribution >= 0.6 is 11.3 Å². The van der Waals surface area contributed by atoms with E-state index in [4.69, 9.17) is 9.40 Å². The fourth-order valence-corrected chi connectivity index (χ4v) is 11.6. The monoisotopic (exact) mass is 833 g/mol. The van der Waals surface area contributed by atoms with Crippen LogP contribution in [0.25, 0.3) is 130 Å². The predicted molar refractivity (Wildman–Crippen MR) is 269 cm³/mol. The van der Waals surface area contributed by atoms with Gasteiger partial charge in [-0.05, 0) is 65.2 Å². The van der Waals surface area contributed by atoms with Crippen molar-refractivity contribution in [3.05, 3.63) is 213 Å². The van der Waals surface area contributed by atoms with Crippen molar-refractivity contribution in [1.29, 1.82) is 0 Å². The van der Waals surface area contributed by atoms with E-state index in [0.29, 0.717) is 0 Å². The Labute approximate surface area is 371 Å². The molecule has 0 saturated heterocycles. The van der Waals surface area contributed by atoms with Gasteiger partial charge in [-0.2, -0.15) is 0 Å². The molecule has 0 amide bonds. The van der Waals surface area contributed by atoms with Crippen LogP contribution in [0.15, 0.2) is 217 Å². The Morgan fingerprint density at radius 1 is 0.359 bits per heavy atom. The Hall–Kier alpha value is -8.25. The van der Waals surface area contributed by atoms with Gasteiger partial charge in [0, 0.05) is 81.6 Å². The summed E-state index contributed by atoms with van der Waals surface area (Å²) in [5, 5.41) is 9.55. The summed E-state index contributed by atoms with van der Waals surface area (Å²) in [7, 11) is 0. The lowest BCUT2D eigenvalue weighted by Gasteiger charge is -2.18. The van der Waals surface area contributed by atoms with Crippen LogP contribution in [-0.4, -0.2) is 14.1 Å². The van der Waals surface area contributed by atoms with E-state index in [0.717, 1.165) is 88.8 Å². The van der Waals surface area contributed by atoms with E-state index in [-0.39, 0.29) is 0 Å². The molecule has 14 aromatic rings. The zero-order chi connectivity index (χ0) is 41.9. The van der Waals surface area contributed by atoms with Crippen LogP contribution in [0.5, 0.6) is 0 Å². The third-order valence-electron chi connectivity index (χ3n) is 13.2. The summed E-state index contributed by atoms with van der Waals surface area (Å²) in [6.07, 6.45) is 4.04. The fourth-order valence-electron chi connectivity index (χ4n) is 10.5. The first-order valence-electron chi connectivity index (χ1n) is 21.7. The molecule has 5 heteroatoms. The van der Waals surface area contributed by atoms with Crippen LogP contribution in [0.2, 0.25) is 0 Å². The van der Waals surface area contributed by atoms with Gasteiger partial charge in [0.05, 0.1) is 33.4 Å². The third-order valence-corrected chi connectivity index (χ3v) is 14.4. The maximum Gasteiger partial charge on any atom is 0.160 e. The average molecular weight is 834 g/mol. The van der Waals surface area contributed by atoms with Gasteiger partial charge in [-0.1, -0.05) is 152 Å². The highest BCUT2D eigenvalue weighted by Gasteiger charge is 2.26. The van der Waals surface area contributed by atoms with Gasteiger partial charge in [-0.15, -0.1) is 11.3 Å². The van der Waals surface area contributed by atoms with E-state index in [1.54, 1.807) is 0 Å². The van der Waals surface area contributed by atoms with Crippen LogP contribution in [0, 0.1) is 0 Å². The summed E-state index contributed by atoms with van der Waals surface area (Å²) in [6, 6.07) is 72.3. The molecule has 0 fully saturated rings. The highest BCUT2D eigenvalue weighted by molar-refractivity contribution is 7.25. The Bertz CT molecular complexity index is 4080. The maximum atomic E-state index is 7.59. The van der Waals surface area contributed by atoms with E-state index in [1.807, 2.05) is 23.7 Å². The minimum atomic E-state index is 0.828. The Kier molecular flexibility index (Phi) is 7.53. The summed E-state index contributed by atoms with van der Waals surface area (Å²) in [6.45, 7) is 0. The van der Waals surface area contributed by atoms with Crippen molar-refractivity contribution in [1.82, 2.24) is 14.1 Å². The summed E-state index contributed by atoms with van der Waals surface area (Å²) in [5.41, 5.74) is 14.8. The average Bonchev–Trinajstić information content (AvgIpc) is 4.11. The van der Waals surface area contributed by atoms with Gasteiger partial charge in [-0.25, -0.2) is 0 Å². The second kappa shape index (κ2) is 13.6. The number of hydrogen-bond acceptors (Lipinski definition) is 3. The molecule has 5 heterocycles. The Balaban J connectivity index is 1.15. The van der Waals surface area contributed by atoms with Gasteiger partial charge in [-0.3, -0.25) is 4.98 Å². The molecule has 0 radical (unpaired) electrons. The van der Waals surface area contributed by atoms with Gasteiger partial charge in [0.25, 0.3) is 0 Å². The molecule has 0 aliphatic carbocycles. The van der Waals surface area contributed by atoms with Crippen LogP contribution in [0.4, 0.5) is 0 Å².